The first-order valence-electron chi connectivity index (χ1n) is 7.93. The minimum absolute atomic E-state index is 0.193. The molecule has 6 nitrogen and oxygen atoms in total. The summed E-state index contributed by atoms with van der Waals surface area (Å²) in [7, 11) is 0. The van der Waals surface area contributed by atoms with Crippen molar-refractivity contribution < 1.29 is 9.53 Å². The van der Waals surface area contributed by atoms with Gasteiger partial charge in [-0.25, -0.2) is 4.68 Å². The Kier molecular flexibility index (Phi) is 3.37. The van der Waals surface area contributed by atoms with Gasteiger partial charge in [-0.1, -0.05) is 12.1 Å². The Hall–Kier alpha value is -2.63. The Morgan fingerprint density at radius 1 is 1.30 bits per heavy atom. The van der Waals surface area contributed by atoms with E-state index < -0.39 is 0 Å². The lowest BCUT2D eigenvalue weighted by Gasteiger charge is -2.32. The molecule has 2 heterocycles. The Balaban J connectivity index is 1.81. The van der Waals surface area contributed by atoms with Gasteiger partial charge in [0.1, 0.15) is 18.1 Å². The molecule has 0 bridgehead atoms. The van der Waals surface area contributed by atoms with Gasteiger partial charge in [-0.2, -0.15) is 10.1 Å². The summed E-state index contributed by atoms with van der Waals surface area (Å²) < 4.78 is 7.29. The van der Waals surface area contributed by atoms with Crippen LogP contribution in [-0.2, 0) is 4.79 Å². The Bertz CT molecular complexity index is 776. The number of fused-ring (bicyclic) bond motifs is 1. The molecule has 1 N–H and O–H groups in total. The van der Waals surface area contributed by atoms with Gasteiger partial charge in [0.05, 0.1) is 6.61 Å². The van der Waals surface area contributed by atoms with Crippen LogP contribution in [0.2, 0.25) is 0 Å². The van der Waals surface area contributed by atoms with Crippen molar-refractivity contribution in [1.29, 1.82) is 0 Å². The average molecular weight is 310 g/mol. The van der Waals surface area contributed by atoms with Crippen LogP contribution in [-0.4, -0.2) is 27.2 Å². The highest BCUT2D eigenvalue weighted by Gasteiger charge is 2.35. The van der Waals surface area contributed by atoms with Crippen molar-refractivity contribution >= 4 is 11.7 Å². The fourth-order valence-corrected chi connectivity index (χ4v) is 3.32. The minimum atomic E-state index is -0.216. The summed E-state index contributed by atoms with van der Waals surface area (Å²) in [5, 5.41) is 7.59. The van der Waals surface area contributed by atoms with E-state index >= 15 is 0 Å². The SMILES string of the molecule is CCOc1ccc([C@@H]2C3=C(CCCC3=O)Nc3ncnn32)cc1. The molecule has 4 rings (SSSR count). The second kappa shape index (κ2) is 5.53. The number of aromatic nitrogens is 3. The Morgan fingerprint density at radius 3 is 2.91 bits per heavy atom. The predicted molar refractivity (Wildman–Crippen MR) is 85.3 cm³/mol. The minimum Gasteiger partial charge on any atom is -0.494 e. The van der Waals surface area contributed by atoms with Crippen molar-refractivity contribution in [2.45, 2.75) is 32.2 Å². The number of ether oxygens (including phenoxy) is 1. The number of rotatable bonds is 3. The molecule has 0 radical (unpaired) electrons. The molecule has 0 saturated heterocycles. The third-order valence-electron chi connectivity index (χ3n) is 4.32. The van der Waals surface area contributed by atoms with Gasteiger partial charge < -0.3 is 10.1 Å². The van der Waals surface area contributed by atoms with Crippen LogP contribution >= 0.6 is 0 Å². The van der Waals surface area contributed by atoms with Gasteiger partial charge in [-0.3, -0.25) is 4.79 Å². The molecule has 1 atom stereocenters. The molecule has 0 unspecified atom stereocenters. The van der Waals surface area contributed by atoms with E-state index in [1.807, 2.05) is 31.2 Å². The summed E-state index contributed by atoms with van der Waals surface area (Å²) in [4.78, 5) is 16.8. The summed E-state index contributed by atoms with van der Waals surface area (Å²) in [6.45, 7) is 2.59. The van der Waals surface area contributed by atoms with Crippen LogP contribution in [0, 0.1) is 0 Å². The van der Waals surface area contributed by atoms with Crippen LogP contribution in [0.5, 0.6) is 5.75 Å². The van der Waals surface area contributed by atoms with Crippen LogP contribution in [0.4, 0.5) is 5.95 Å². The maximum atomic E-state index is 12.5. The molecule has 1 aliphatic carbocycles. The number of nitrogens with zero attached hydrogens (tertiary/aromatic N) is 3. The number of benzene rings is 1. The van der Waals surface area contributed by atoms with E-state index in [1.165, 1.54) is 6.33 Å². The van der Waals surface area contributed by atoms with Gasteiger partial charge in [0, 0.05) is 17.7 Å². The number of carbonyl (C=O) groups is 1. The van der Waals surface area contributed by atoms with Gasteiger partial charge in [-0.05, 0) is 37.5 Å². The molecule has 0 amide bonds. The van der Waals surface area contributed by atoms with Gasteiger partial charge in [0.25, 0.3) is 0 Å². The molecule has 0 saturated carbocycles. The van der Waals surface area contributed by atoms with E-state index in [1.54, 1.807) is 4.68 Å². The van der Waals surface area contributed by atoms with Crippen molar-refractivity contribution in [3.63, 3.8) is 0 Å². The quantitative estimate of drug-likeness (QED) is 0.944. The Labute approximate surface area is 134 Å². The molecule has 0 spiro atoms. The third kappa shape index (κ3) is 2.30. The number of hydrogen-bond acceptors (Lipinski definition) is 5. The van der Waals surface area contributed by atoms with E-state index in [-0.39, 0.29) is 11.8 Å². The first-order chi connectivity index (χ1) is 11.3. The first kappa shape index (κ1) is 14.0. The second-order valence-corrected chi connectivity index (χ2v) is 5.73. The zero-order chi connectivity index (χ0) is 15.8. The Morgan fingerprint density at radius 2 is 2.13 bits per heavy atom. The van der Waals surface area contributed by atoms with Crippen molar-refractivity contribution in [3.8, 4) is 5.75 Å². The van der Waals surface area contributed by atoms with Crippen LogP contribution in [0.25, 0.3) is 0 Å². The maximum absolute atomic E-state index is 12.5. The van der Waals surface area contributed by atoms with Crippen molar-refractivity contribution in [1.82, 2.24) is 14.8 Å². The molecule has 6 heteroatoms. The third-order valence-corrected chi connectivity index (χ3v) is 4.32. The van der Waals surface area contributed by atoms with Gasteiger partial charge >= 0.3 is 0 Å². The summed E-state index contributed by atoms with van der Waals surface area (Å²) >= 11 is 0. The highest BCUT2D eigenvalue weighted by molar-refractivity contribution is 5.99. The van der Waals surface area contributed by atoms with Crippen LogP contribution < -0.4 is 10.1 Å². The van der Waals surface area contributed by atoms with E-state index in [2.05, 4.69) is 15.4 Å². The summed E-state index contributed by atoms with van der Waals surface area (Å²) in [6, 6.07) is 7.65. The molecule has 1 aromatic carbocycles. The van der Waals surface area contributed by atoms with Gasteiger partial charge in [0.2, 0.25) is 5.95 Å². The highest BCUT2D eigenvalue weighted by atomic mass is 16.5. The monoisotopic (exact) mass is 310 g/mol. The number of allylic oxidation sites excluding steroid dienone is 2. The van der Waals surface area contributed by atoms with E-state index in [0.29, 0.717) is 19.0 Å². The van der Waals surface area contributed by atoms with E-state index in [9.17, 15) is 4.79 Å². The molecular weight excluding hydrogens is 292 g/mol. The maximum Gasteiger partial charge on any atom is 0.226 e. The van der Waals surface area contributed by atoms with E-state index in [0.717, 1.165) is 35.4 Å². The summed E-state index contributed by atoms with van der Waals surface area (Å²) in [5.41, 5.74) is 2.82. The molecule has 0 fully saturated rings. The molecule has 1 aliphatic heterocycles. The van der Waals surface area contributed by atoms with Crippen LogP contribution in [0.3, 0.4) is 0 Å². The molecule has 23 heavy (non-hydrogen) atoms. The molecular formula is C17H18N4O2. The summed E-state index contributed by atoms with van der Waals surface area (Å²) in [6.07, 6.45) is 3.88. The highest BCUT2D eigenvalue weighted by Crippen LogP contribution is 2.39. The fourth-order valence-electron chi connectivity index (χ4n) is 3.32. The number of ketones is 1. The van der Waals surface area contributed by atoms with Gasteiger partial charge in [0.15, 0.2) is 5.78 Å². The zero-order valence-electron chi connectivity index (χ0n) is 13.0. The largest absolute Gasteiger partial charge is 0.494 e. The number of anilines is 1. The lowest BCUT2D eigenvalue weighted by atomic mass is 9.85. The summed E-state index contributed by atoms with van der Waals surface area (Å²) in [5.74, 6) is 1.71. The molecule has 118 valence electrons. The fraction of sp³-hybridized carbons (Fsp3) is 0.353. The predicted octanol–water partition coefficient (Wildman–Crippen LogP) is 2.70. The normalized spacial score (nSPS) is 19.9. The smallest absolute Gasteiger partial charge is 0.226 e. The second-order valence-electron chi connectivity index (χ2n) is 5.73. The topological polar surface area (TPSA) is 69.0 Å². The van der Waals surface area contributed by atoms with Crippen molar-refractivity contribution in [2.24, 2.45) is 0 Å². The molecule has 2 aromatic rings. The van der Waals surface area contributed by atoms with E-state index in [4.69, 9.17) is 4.74 Å². The van der Waals surface area contributed by atoms with Crippen LogP contribution in [0.15, 0.2) is 41.9 Å². The standard InChI is InChI=1S/C17H18N4O2/c1-2-23-12-8-6-11(7-9-12)16-15-13(4-3-5-14(15)22)20-17-18-10-19-21(16)17/h6-10,16H,2-5H2,1H3,(H,18,19,20)/t16-/m1/s1. The lowest BCUT2D eigenvalue weighted by Crippen LogP contribution is -2.31. The molecule has 2 aliphatic rings. The first-order valence-corrected chi connectivity index (χ1v) is 7.93. The molecule has 1 aromatic heterocycles. The van der Waals surface area contributed by atoms with Crippen molar-refractivity contribution in [3.05, 3.63) is 47.4 Å². The zero-order valence-corrected chi connectivity index (χ0v) is 13.0. The van der Waals surface area contributed by atoms with Crippen molar-refractivity contribution in [2.75, 3.05) is 11.9 Å². The average Bonchev–Trinajstić information content (AvgIpc) is 3.02. The number of Topliss-reactive ketones (excluding diaryl/α,β-unsaturated/α-hetero) is 1. The van der Waals surface area contributed by atoms with Crippen LogP contribution in [0.1, 0.15) is 37.8 Å². The van der Waals surface area contributed by atoms with Gasteiger partial charge in [-0.15, -0.1) is 0 Å². The lowest BCUT2D eigenvalue weighted by molar-refractivity contribution is -0.116. The number of nitrogens with one attached hydrogen (secondary N) is 1. The number of carbonyl (C=O) groups excluding carboxylic acids is 1. The number of hydrogen-bond donors (Lipinski definition) is 1.